The molecule has 0 aliphatic heterocycles. The number of fused-ring (bicyclic) bond motifs is 4. The number of pyridine rings is 1. The van der Waals surface area contributed by atoms with Gasteiger partial charge in [0.15, 0.2) is 0 Å². The Kier molecular flexibility index (Phi) is 8.40. The summed E-state index contributed by atoms with van der Waals surface area (Å²) in [6.45, 7) is 6.70. The van der Waals surface area contributed by atoms with Gasteiger partial charge in [-0.15, -0.1) is 29.8 Å². The maximum absolute atomic E-state index is 11.2. The SMILES string of the molecule is CC(C)(C)c1ccc(-n2c(-c3ccccc3O)nc3c(-c4[c-]c(-c5nccc6oc7ccccc7c56)ccc4)cccc32)c(-c2ccccc2)c1.[Pt]. The standard InChI is InChI=1S/C46H34N3O2.Pt/c1-46(2,3)32-23-24-37(36(28-32)29-13-5-4-6-14-29)49-38-20-12-19-33(44(38)48-45(49)34-17-7-9-21-39(34)50)30-15-11-16-31(27-30)43-42-35-18-8-10-22-40(35)51-41(42)25-26-47-43;/h4-26,28,50H,1-3H3;/q-1;. The average molecular weight is 856 g/mol. The number of nitrogens with zero attached hydrogens (tertiary/aromatic N) is 3. The molecule has 0 fully saturated rings. The molecule has 0 unspecified atom stereocenters. The van der Waals surface area contributed by atoms with Crippen LogP contribution in [-0.2, 0) is 26.5 Å². The molecule has 52 heavy (non-hydrogen) atoms. The summed E-state index contributed by atoms with van der Waals surface area (Å²) in [6.07, 6.45) is 1.79. The monoisotopic (exact) mass is 855 g/mol. The molecule has 9 aromatic rings. The quantitative estimate of drug-likeness (QED) is 0.175. The third kappa shape index (κ3) is 5.62. The van der Waals surface area contributed by atoms with Crippen LogP contribution >= 0.6 is 0 Å². The van der Waals surface area contributed by atoms with Gasteiger partial charge >= 0.3 is 0 Å². The van der Waals surface area contributed by atoms with Crippen molar-refractivity contribution in [1.29, 1.82) is 0 Å². The van der Waals surface area contributed by atoms with Crippen molar-refractivity contribution >= 4 is 33.0 Å². The Morgan fingerprint density at radius 2 is 1.40 bits per heavy atom. The van der Waals surface area contributed by atoms with Crippen LogP contribution in [0.25, 0.3) is 83.6 Å². The fourth-order valence-electron chi connectivity index (χ4n) is 7.09. The first-order chi connectivity index (χ1) is 24.8. The van der Waals surface area contributed by atoms with Crippen molar-refractivity contribution in [2.45, 2.75) is 26.2 Å². The van der Waals surface area contributed by atoms with E-state index in [1.165, 1.54) is 5.56 Å². The molecule has 5 nitrogen and oxygen atoms in total. The smallest absolute Gasteiger partial charge is 0.148 e. The number of phenolic OH excluding ortho intramolecular Hbond substituents is 1. The number of aromatic hydroxyl groups is 1. The van der Waals surface area contributed by atoms with E-state index in [1.54, 1.807) is 12.3 Å². The molecule has 0 aliphatic rings. The minimum atomic E-state index is -0.0461. The van der Waals surface area contributed by atoms with E-state index in [9.17, 15) is 5.11 Å². The van der Waals surface area contributed by atoms with Gasteiger partial charge in [0.25, 0.3) is 0 Å². The van der Waals surface area contributed by atoms with Crippen molar-refractivity contribution in [2.24, 2.45) is 0 Å². The zero-order valence-electron chi connectivity index (χ0n) is 28.9. The van der Waals surface area contributed by atoms with Gasteiger partial charge in [-0.05, 0) is 59.0 Å². The Labute approximate surface area is 316 Å². The van der Waals surface area contributed by atoms with E-state index in [0.717, 1.165) is 72.2 Å². The van der Waals surface area contributed by atoms with Crippen LogP contribution in [0.15, 0.2) is 150 Å². The minimum absolute atomic E-state index is 0. The summed E-state index contributed by atoms with van der Waals surface area (Å²) < 4.78 is 8.36. The molecular weight excluding hydrogens is 822 g/mol. The first-order valence-corrected chi connectivity index (χ1v) is 17.1. The molecular formula is C46H34N3O2Pt-. The third-order valence-corrected chi connectivity index (χ3v) is 9.65. The van der Waals surface area contributed by atoms with Gasteiger partial charge in [0.2, 0.25) is 0 Å². The predicted octanol–water partition coefficient (Wildman–Crippen LogP) is 11.8. The Bertz CT molecular complexity index is 2760. The van der Waals surface area contributed by atoms with E-state index >= 15 is 0 Å². The molecule has 256 valence electrons. The summed E-state index contributed by atoms with van der Waals surface area (Å²) in [5.41, 5.74) is 11.9. The van der Waals surface area contributed by atoms with Crippen LogP contribution in [0.2, 0.25) is 0 Å². The predicted molar refractivity (Wildman–Crippen MR) is 207 cm³/mol. The number of phenols is 1. The molecule has 0 bridgehead atoms. The van der Waals surface area contributed by atoms with Gasteiger partial charge in [0, 0.05) is 49.3 Å². The van der Waals surface area contributed by atoms with Crippen molar-refractivity contribution in [3.05, 3.63) is 157 Å². The largest absolute Gasteiger partial charge is 0.507 e. The second kappa shape index (κ2) is 13.1. The van der Waals surface area contributed by atoms with Crippen LogP contribution in [0.1, 0.15) is 26.3 Å². The normalized spacial score (nSPS) is 11.7. The Morgan fingerprint density at radius 3 is 2.23 bits per heavy atom. The van der Waals surface area contributed by atoms with Gasteiger partial charge in [-0.25, -0.2) is 4.98 Å². The van der Waals surface area contributed by atoms with E-state index in [4.69, 9.17) is 14.4 Å². The molecule has 0 atom stereocenters. The number of hydrogen-bond acceptors (Lipinski definition) is 4. The number of rotatable bonds is 5. The summed E-state index contributed by atoms with van der Waals surface area (Å²) in [4.78, 5) is 10.2. The molecule has 0 saturated heterocycles. The summed E-state index contributed by atoms with van der Waals surface area (Å²) in [5, 5.41) is 13.2. The Balaban J connectivity index is 0.00000387. The Hall–Kier alpha value is -5.77. The molecule has 9 rings (SSSR count). The minimum Gasteiger partial charge on any atom is -0.507 e. The van der Waals surface area contributed by atoms with E-state index in [0.29, 0.717) is 11.4 Å². The van der Waals surface area contributed by atoms with Crippen LogP contribution < -0.4 is 0 Å². The molecule has 6 aromatic carbocycles. The molecule has 3 heterocycles. The van der Waals surface area contributed by atoms with Crippen molar-refractivity contribution in [1.82, 2.24) is 14.5 Å². The molecule has 6 heteroatoms. The number of furan rings is 1. The molecule has 1 N–H and O–H groups in total. The first-order valence-electron chi connectivity index (χ1n) is 17.1. The number of imidazole rings is 1. The first kappa shape index (κ1) is 33.4. The molecule has 0 saturated carbocycles. The van der Waals surface area contributed by atoms with Crippen molar-refractivity contribution in [3.63, 3.8) is 0 Å². The van der Waals surface area contributed by atoms with Gasteiger partial charge < -0.3 is 9.52 Å². The molecule has 0 aliphatic carbocycles. The molecule has 0 amide bonds. The van der Waals surface area contributed by atoms with Gasteiger partial charge in [-0.1, -0.05) is 111 Å². The van der Waals surface area contributed by atoms with Gasteiger partial charge in [-0.3, -0.25) is 9.55 Å². The zero-order chi connectivity index (χ0) is 34.7. The van der Waals surface area contributed by atoms with E-state index in [-0.39, 0.29) is 32.2 Å². The van der Waals surface area contributed by atoms with Crippen LogP contribution in [0.4, 0.5) is 0 Å². The van der Waals surface area contributed by atoms with Crippen LogP contribution in [0.3, 0.4) is 0 Å². The van der Waals surface area contributed by atoms with Crippen molar-refractivity contribution in [3.8, 4) is 56.3 Å². The van der Waals surface area contributed by atoms with E-state index < -0.39 is 0 Å². The maximum atomic E-state index is 11.2. The summed E-state index contributed by atoms with van der Waals surface area (Å²) in [6, 6.07) is 50.6. The molecule has 0 spiro atoms. The molecule has 3 aromatic heterocycles. The van der Waals surface area contributed by atoms with Gasteiger partial charge in [0.1, 0.15) is 22.7 Å². The zero-order valence-corrected chi connectivity index (χ0v) is 31.1. The fourth-order valence-corrected chi connectivity index (χ4v) is 7.09. The number of aromatic nitrogens is 3. The van der Waals surface area contributed by atoms with Crippen LogP contribution in [0.5, 0.6) is 5.75 Å². The Morgan fingerprint density at radius 1 is 0.673 bits per heavy atom. The van der Waals surface area contributed by atoms with Crippen molar-refractivity contribution < 1.29 is 30.6 Å². The summed E-state index contributed by atoms with van der Waals surface area (Å²) in [7, 11) is 0. The van der Waals surface area contributed by atoms with Crippen LogP contribution in [-0.4, -0.2) is 19.6 Å². The fraction of sp³-hybridized carbons (Fsp3) is 0.0870. The van der Waals surface area contributed by atoms with E-state index in [1.807, 2.05) is 60.7 Å². The number of para-hydroxylation sites is 3. The van der Waals surface area contributed by atoms with Crippen molar-refractivity contribution in [2.75, 3.05) is 0 Å². The second-order valence-corrected chi connectivity index (χ2v) is 13.9. The summed E-state index contributed by atoms with van der Waals surface area (Å²) in [5.74, 6) is 0.826. The third-order valence-electron chi connectivity index (χ3n) is 9.65. The van der Waals surface area contributed by atoms with Gasteiger partial charge in [0.05, 0.1) is 22.3 Å². The van der Waals surface area contributed by atoms with E-state index in [2.05, 4.69) is 104 Å². The van der Waals surface area contributed by atoms with Crippen LogP contribution in [0, 0.1) is 6.07 Å². The van der Waals surface area contributed by atoms with Gasteiger partial charge in [-0.2, -0.15) is 0 Å². The average Bonchev–Trinajstić information content (AvgIpc) is 3.74. The molecule has 0 radical (unpaired) electrons. The summed E-state index contributed by atoms with van der Waals surface area (Å²) >= 11 is 0. The maximum Gasteiger partial charge on any atom is 0.148 e. The topological polar surface area (TPSA) is 64.1 Å². The number of benzene rings is 6. The second-order valence-electron chi connectivity index (χ2n) is 13.9. The number of hydrogen-bond donors (Lipinski definition) is 1.